The number of hydrogen-bond acceptors (Lipinski definition) is 6. The van der Waals surface area contributed by atoms with Crippen molar-refractivity contribution in [3.05, 3.63) is 84.1 Å². The lowest BCUT2D eigenvalue weighted by molar-refractivity contribution is 0.0597. The standard InChI is InChI=1S/C27H30N6O2/c1-19-13-14-21(26-30-23(18-31(2)3)25(35-26)20-9-5-4-6-10-20)17-32(19)27(34)22-11-7-8-12-24(22)33-28-15-16-29-33/h4-12,15-16,19,21H,13-14,17-18H2,1-3H3/t19-,21?/m1/s1. The maximum atomic E-state index is 13.7. The number of hydrogen-bond donors (Lipinski definition) is 0. The highest BCUT2D eigenvalue weighted by atomic mass is 16.4. The summed E-state index contributed by atoms with van der Waals surface area (Å²) in [5.41, 5.74) is 3.19. The van der Waals surface area contributed by atoms with E-state index in [4.69, 9.17) is 9.40 Å². The van der Waals surface area contributed by atoms with Crippen LogP contribution in [-0.4, -0.2) is 62.4 Å². The monoisotopic (exact) mass is 470 g/mol. The third-order valence-electron chi connectivity index (χ3n) is 6.48. The minimum Gasteiger partial charge on any atom is -0.440 e. The van der Waals surface area contributed by atoms with Crippen LogP contribution >= 0.6 is 0 Å². The van der Waals surface area contributed by atoms with Crippen LogP contribution in [0.5, 0.6) is 0 Å². The van der Waals surface area contributed by atoms with E-state index >= 15 is 0 Å². The minimum atomic E-state index is -0.0292. The number of para-hydroxylation sites is 1. The van der Waals surface area contributed by atoms with Crippen molar-refractivity contribution in [1.82, 2.24) is 29.8 Å². The summed E-state index contributed by atoms with van der Waals surface area (Å²) in [5.74, 6) is 1.51. The van der Waals surface area contributed by atoms with Crippen molar-refractivity contribution in [2.75, 3.05) is 20.6 Å². The van der Waals surface area contributed by atoms with Crippen LogP contribution in [0, 0.1) is 0 Å². The van der Waals surface area contributed by atoms with Crippen LogP contribution < -0.4 is 0 Å². The average molecular weight is 471 g/mol. The first kappa shape index (κ1) is 23.0. The number of rotatable bonds is 6. The highest BCUT2D eigenvalue weighted by Crippen LogP contribution is 2.35. The summed E-state index contributed by atoms with van der Waals surface area (Å²) in [5, 5.41) is 8.45. The highest BCUT2D eigenvalue weighted by molar-refractivity contribution is 5.98. The lowest BCUT2D eigenvalue weighted by Crippen LogP contribution is -2.45. The second-order valence-electron chi connectivity index (χ2n) is 9.35. The van der Waals surface area contributed by atoms with E-state index in [2.05, 4.69) is 22.0 Å². The Hall–Kier alpha value is -3.78. The summed E-state index contributed by atoms with van der Waals surface area (Å²) in [6.45, 7) is 3.34. The number of nitrogens with zero attached hydrogens (tertiary/aromatic N) is 6. The number of piperidine rings is 1. The molecule has 8 heteroatoms. The molecule has 35 heavy (non-hydrogen) atoms. The summed E-state index contributed by atoms with van der Waals surface area (Å²) in [4.78, 5) is 24.2. The average Bonchev–Trinajstić information content (AvgIpc) is 3.55. The molecule has 1 fully saturated rings. The van der Waals surface area contributed by atoms with Crippen molar-refractivity contribution < 1.29 is 9.21 Å². The van der Waals surface area contributed by atoms with Gasteiger partial charge in [-0.3, -0.25) is 4.79 Å². The van der Waals surface area contributed by atoms with Crippen LogP contribution in [0.1, 0.15) is 47.6 Å². The van der Waals surface area contributed by atoms with E-state index < -0.39 is 0 Å². The van der Waals surface area contributed by atoms with Gasteiger partial charge in [-0.05, 0) is 46.0 Å². The molecular formula is C27H30N6O2. The Balaban J connectivity index is 1.44. The molecular weight excluding hydrogens is 440 g/mol. The molecule has 180 valence electrons. The fraction of sp³-hybridized carbons (Fsp3) is 0.333. The van der Waals surface area contributed by atoms with Gasteiger partial charge >= 0.3 is 0 Å². The van der Waals surface area contributed by atoms with Crippen molar-refractivity contribution in [3.63, 3.8) is 0 Å². The zero-order chi connectivity index (χ0) is 24.4. The van der Waals surface area contributed by atoms with E-state index in [1.807, 2.05) is 73.6 Å². The molecule has 0 saturated carbocycles. The molecule has 4 aromatic rings. The molecule has 1 aliphatic rings. The van der Waals surface area contributed by atoms with Gasteiger partial charge in [0.25, 0.3) is 5.91 Å². The zero-order valence-electron chi connectivity index (χ0n) is 20.3. The van der Waals surface area contributed by atoms with Gasteiger partial charge in [0, 0.05) is 24.7 Å². The van der Waals surface area contributed by atoms with Gasteiger partial charge in [-0.25, -0.2) is 4.98 Å². The topological polar surface area (TPSA) is 80.3 Å². The molecule has 1 amide bonds. The number of benzene rings is 2. The Morgan fingerprint density at radius 3 is 2.49 bits per heavy atom. The van der Waals surface area contributed by atoms with Crippen molar-refractivity contribution in [2.24, 2.45) is 0 Å². The van der Waals surface area contributed by atoms with Crippen LogP contribution in [-0.2, 0) is 6.54 Å². The van der Waals surface area contributed by atoms with Crippen molar-refractivity contribution in [2.45, 2.75) is 38.3 Å². The van der Waals surface area contributed by atoms with Crippen molar-refractivity contribution in [1.29, 1.82) is 0 Å². The summed E-state index contributed by atoms with van der Waals surface area (Å²) in [6, 6.07) is 17.7. The molecule has 1 unspecified atom stereocenters. The molecule has 0 N–H and O–H groups in total. The first-order chi connectivity index (χ1) is 17.0. The van der Waals surface area contributed by atoms with Gasteiger partial charge in [-0.15, -0.1) is 0 Å². The predicted octanol–water partition coefficient (Wildman–Crippen LogP) is 4.39. The molecule has 8 nitrogen and oxygen atoms in total. The van der Waals surface area contributed by atoms with E-state index in [0.29, 0.717) is 30.2 Å². The molecule has 2 atom stereocenters. The van der Waals surface area contributed by atoms with Crippen LogP contribution in [0.3, 0.4) is 0 Å². The number of oxazole rings is 1. The van der Waals surface area contributed by atoms with E-state index in [1.54, 1.807) is 12.4 Å². The van der Waals surface area contributed by atoms with Gasteiger partial charge in [0.15, 0.2) is 11.7 Å². The third kappa shape index (κ3) is 4.74. The van der Waals surface area contributed by atoms with Gasteiger partial charge in [-0.2, -0.15) is 15.0 Å². The Labute approximate surface area is 205 Å². The molecule has 3 heterocycles. The van der Waals surface area contributed by atoms with Gasteiger partial charge in [0.1, 0.15) is 5.69 Å². The van der Waals surface area contributed by atoms with Crippen LogP contribution in [0.2, 0.25) is 0 Å². The van der Waals surface area contributed by atoms with Gasteiger partial charge in [-0.1, -0.05) is 42.5 Å². The quantitative estimate of drug-likeness (QED) is 0.416. The second kappa shape index (κ2) is 9.84. The molecule has 2 aromatic carbocycles. The minimum absolute atomic E-state index is 0.0292. The Bertz CT molecular complexity index is 1280. The number of aromatic nitrogens is 4. The fourth-order valence-corrected chi connectivity index (χ4v) is 4.68. The summed E-state index contributed by atoms with van der Waals surface area (Å²) in [7, 11) is 4.05. The normalized spacial score (nSPS) is 18.2. The summed E-state index contributed by atoms with van der Waals surface area (Å²) < 4.78 is 6.39. The van der Waals surface area contributed by atoms with Crippen LogP contribution in [0.4, 0.5) is 0 Å². The van der Waals surface area contributed by atoms with Gasteiger partial charge < -0.3 is 14.2 Å². The Morgan fingerprint density at radius 1 is 1.03 bits per heavy atom. The largest absolute Gasteiger partial charge is 0.440 e. The van der Waals surface area contributed by atoms with E-state index in [1.165, 1.54) is 4.80 Å². The maximum Gasteiger partial charge on any atom is 0.256 e. The molecule has 0 bridgehead atoms. The van der Waals surface area contributed by atoms with Crippen molar-refractivity contribution in [3.8, 4) is 17.0 Å². The van der Waals surface area contributed by atoms with Crippen LogP contribution in [0.15, 0.2) is 71.4 Å². The lowest BCUT2D eigenvalue weighted by atomic mass is 9.92. The maximum absolute atomic E-state index is 13.7. The van der Waals surface area contributed by atoms with E-state index in [9.17, 15) is 4.79 Å². The van der Waals surface area contributed by atoms with Gasteiger partial charge in [0.2, 0.25) is 0 Å². The summed E-state index contributed by atoms with van der Waals surface area (Å²) >= 11 is 0. The molecule has 1 saturated heterocycles. The highest BCUT2D eigenvalue weighted by Gasteiger charge is 2.34. The van der Waals surface area contributed by atoms with Crippen molar-refractivity contribution >= 4 is 5.91 Å². The van der Waals surface area contributed by atoms with Gasteiger partial charge in [0.05, 0.1) is 29.6 Å². The SMILES string of the molecule is C[C@@H]1CCC(c2nc(CN(C)C)c(-c3ccccc3)o2)CN1C(=O)c1ccccc1-n1nccn1. The Morgan fingerprint density at radius 2 is 1.74 bits per heavy atom. The number of amides is 1. The molecule has 0 spiro atoms. The number of carbonyl (C=O) groups is 1. The molecule has 2 aromatic heterocycles. The van der Waals surface area contributed by atoms with Crippen LogP contribution in [0.25, 0.3) is 17.0 Å². The van der Waals surface area contributed by atoms with E-state index in [0.717, 1.165) is 29.9 Å². The zero-order valence-corrected chi connectivity index (χ0v) is 20.3. The number of carbonyl (C=O) groups excluding carboxylic acids is 1. The molecule has 5 rings (SSSR count). The third-order valence-corrected chi connectivity index (χ3v) is 6.48. The predicted molar refractivity (Wildman–Crippen MR) is 133 cm³/mol. The first-order valence-corrected chi connectivity index (χ1v) is 12.0. The molecule has 0 aliphatic carbocycles. The smallest absolute Gasteiger partial charge is 0.256 e. The molecule has 0 radical (unpaired) electrons. The lowest BCUT2D eigenvalue weighted by Gasteiger charge is -2.37. The summed E-state index contributed by atoms with van der Waals surface area (Å²) in [6.07, 6.45) is 5.02. The Kier molecular flexibility index (Phi) is 6.46. The number of likely N-dealkylation sites (tertiary alicyclic amines) is 1. The first-order valence-electron chi connectivity index (χ1n) is 12.0. The fourth-order valence-electron chi connectivity index (χ4n) is 4.68. The second-order valence-corrected chi connectivity index (χ2v) is 9.35. The van der Waals surface area contributed by atoms with E-state index in [-0.39, 0.29) is 17.9 Å². The molecule has 1 aliphatic heterocycles.